The number of hydrogen-bond donors (Lipinski definition) is 3. The first kappa shape index (κ1) is 32.1. The molecule has 3 aromatic carbocycles. The zero-order valence-corrected chi connectivity index (χ0v) is 27.3. The third kappa shape index (κ3) is 5.19. The Bertz CT molecular complexity index is 1710. The Morgan fingerprint density at radius 2 is 1.65 bits per heavy atom. The molecule has 1 spiro atoms. The highest BCUT2D eigenvalue weighted by molar-refractivity contribution is 6.13. The second-order valence-electron chi connectivity index (χ2n) is 13.4. The SMILES string of the molecule is C[C@H](/C=C/CC(=O)N1CCC[C@H]1CO)[C@@]1(O)C(=O)N(c2ccccc2)c2ccc(N3CN(c4ccccc4)C4(CCNCC4)C3=O)cc21. The standard InChI is InChI=1S/C38H43N5O5/c1-27(10-8-16-34(45)40-23-9-15-31(40)25-44)38(48)32-24-30(17-18-33(32)43(36(38)47)29-13-6-3-7-14-29)41-26-42(28-11-4-2-5-12-28)37(35(41)46)19-21-39-22-20-37/h2-8,10-14,17-18,24,27,31,39,44,48H,9,15-16,19-23,25-26H2,1H3/b10-8+/t27-,31+,38+/m1/s1. The third-order valence-corrected chi connectivity index (χ3v) is 10.7. The maximum Gasteiger partial charge on any atom is 0.268 e. The Morgan fingerprint density at radius 1 is 0.958 bits per heavy atom. The van der Waals surface area contributed by atoms with E-state index in [1.54, 1.807) is 39.8 Å². The molecule has 0 saturated carbocycles. The Hall–Kier alpha value is -4.51. The number of hydrogen-bond acceptors (Lipinski definition) is 7. The van der Waals surface area contributed by atoms with Gasteiger partial charge in [0.05, 0.1) is 25.0 Å². The summed E-state index contributed by atoms with van der Waals surface area (Å²) in [6.07, 6.45) is 6.53. The van der Waals surface area contributed by atoms with Crippen molar-refractivity contribution in [1.82, 2.24) is 10.2 Å². The predicted molar refractivity (Wildman–Crippen MR) is 185 cm³/mol. The number of para-hydroxylation sites is 2. The minimum atomic E-state index is -1.95. The fourth-order valence-electron chi connectivity index (χ4n) is 8.01. The summed E-state index contributed by atoms with van der Waals surface area (Å²) in [7, 11) is 0. The predicted octanol–water partition coefficient (Wildman–Crippen LogP) is 4.05. The van der Waals surface area contributed by atoms with Gasteiger partial charge in [0.15, 0.2) is 5.60 Å². The molecule has 0 radical (unpaired) electrons. The second kappa shape index (κ2) is 12.8. The van der Waals surface area contributed by atoms with Crippen molar-refractivity contribution in [3.05, 3.63) is 96.6 Å². The van der Waals surface area contributed by atoms with Crippen LogP contribution < -0.4 is 20.0 Å². The molecule has 0 aliphatic carbocycles. The van der Waals surface area contributed by atoms with Gasteiger partial charge in [0.2, 0.25) is 5.91 Å². The van der Waals surface area contributed by atoms with Gasteiger partial charge in [0.25, 0.3) is 11.8 Å². The van der Waals surface area contributed by atoms with E-state index in [0.29, 0.717) is 48.7 Å². The van der Waals surface area contributed by atoms with Crippen LogP contribution in [0.3, 0.4) is 0 Å². The van der Waals surface area contributed by atoms with Crippen molar-refractivity contribution in [2.24, 2.45) is 5.92 Å². The molecule has 3 N–H and O–H groups in total. The van der Waals surface area contributed by atoms with Gasteiger partial charge in [-0.2, -0.15) is 0 Å². The van der Waals surface area contributed by atoms with Crippen LogP contribution >= 0.6 is 0 Å². The minimum Gasteiger partial charge on any atom is -0.394 e. The lowest BCUT2D eigenvalue weighted by Gasteiger charge is -2.39. The number of anilines is 4. The summed E-state index contributed by atoms with van der Waals surface area (Å²) >= 11 is 0. The molecule has 10 heteroatoms. The van der Waals surface area contributed by atoms with Crippen molar-refractivity contribution in [3.8, 4) is 0 Å². The average molecular weight is 650 g/mol. The van der Waals surface area contributed by atoms with Crippen molar-refractivity contribution in [1.29, 1.82) is 0 Å². The monoisotopic (exact) mass is 649 g/mol. The van der Waals surface area contributed by atoms with E-state index in [1.807, 2.05) is 72.8 Å². The number of aliphatic hydroxyl groups is 2. The Labute approximate surface area is 281 Å². The first-order chi connectivity index (χ1) is 23.3. The molecule has 10 nitrogen and oxygen atoms in total. The molecular formula is C38H43N5O5. The molecule has 48 heavy (non-hydrogen) atoms. The van der Waals surface area contributed by atoms with E-state index in [4.69, 9.17) is 0 Å². The quantitative estimate of drug-likeness (QED) is 0.316. The molecule has 250 valence electrons. The van der Waals surface area contributed by atoms with Crippen LogP contribution in [0.1, 0.15) is 44.6 Å². The molecule has 3 aromatic rings. The number of carbonyl (C=O) groups excluding carboxylic acids is 3. The summed E-state index contributed by atoms with van der Waals surface area (Å²) in [5.41, 5.74) is 0.556. The third-order valence-electron chi connectivity index (χ3n) is 10.7. The van der Waals surface area contributed by atoms with Crippen molar-refractivity contribution in [3.63, 3.8) is 0 Å². The molecule has 4 aliphatic heterocycles. The van der Waals surface area contributed by atoms with E-state index < -0.39 is 23.0 Å². The van der Waals surface area contributed by atoms with Crippen LogP contribution in [0.15, 0.2) is 91.0 Å². The number of carbonyl (C=O) groups is 3. The zero-order chi connectivity index (χ0) is 33.5. The molecular weight excluding hydrogens is 606 g/mol. The van der Waals surface area contributed by atoms with Gasteiger partial charge in [0, 0.05) is 41.5 Å². The van der Waals surface area contributed by atoms with Crippen molar-refractivity contribution in [2.45, 2.75) is 56.2 Å². The highest BCUT2D eigenvalue weighted by Crippen LogP contribution is 2.50. The number of rotatable bonds is 8. The number of likely N-dealkylation sites (tertiary alicyclic amines) is 1. The molecule has 3 saturated heterocycles. The normalized spacial score (nSPS) is 24.3. The lowest BCUT2D eigenvalue weighted by Crippen LogP contribution is -2.55. The molecule has 4 aliphatic rings. The van der Waals surface area contributed by atoms with Crippen LogP contribution in [0.2, 0.25) is 0 Å². The summed E-state index contributed by atoms with van der Waals surface area (Å²) < 4.78 is 0. The van der Waals surface area contributed by atoms with Crippen LogP contribution in [0.25, 0.3) is 0 Å². The Morgan fingerprint density at radius 3 is 2.33 bits per heavy atom. The maximum atomic E-state index is 14.4. The number of aliphatic hydroxyl groups excluding tert-OH is 1. The molecule has 3 atom stereocenters. The largest absolute Gasteiger partial charge is 0.394 e. The first-order valence-electron chi connectivity index (χ1n) is 17.0. The highest BCUT2D eigenvalue weighted by atomic mass is 16.3. The fraction of sp³-hybridized carbons (Fsp3) is 0.395. The molecule has 0 unspecified atom stereocenters. The van der Waals surface area contributed by atoms with E-state index >= 15 is 0 Å². The van der Waals surface area contributed by atoms with Crippen LogP contribution in [-0.4, -0.2) is 77.3 Å². The van der Waals surface area contributed by atoms with Crippen LogP contribution in [0.4, 0.5) is 22.7 Å². The summed E-state index contributed by atoms with van der Waals surface area (Å²) in [6.45, 7) is 4.15. The van der Waals surface area contributed by atoms with E-state index in [1.165, 1.54) is 0 Å². The molecule has 0 bridgehead atoms. The van der Waals surface area contributed by atoms with Gasteiger partial charge in [-0.3, -0.25) is 24.2 Å². The number of nitrogens with zero attached hydrogens (tertiary/aromatic N) is 4. The van der Waals surface area contributed by atoms with Gasteiger partial charge in [-0.05, 0) is 81.2 Å². The zero-order valence-electron chi connectivity index (χ0n) is 27.3. The van der Waals surface area contributed by atoms with Crippen LogP contribution in [0, 0.1) is 5.92 Å². The maximum absolute atomic E-state index is 14.4. The number of benzene rings is 3. The topological polar surface area (TPSA) is 117 Å². The molecule has 7 rings (SSSR count). The minimum absolute atomic E-state index is 0.00938. The number of amides is 3. The Kier molecular flexibility index (Phi) is 8.57. The molecule has 3 fully saturated rings. The van der Waals surface area contributed by atoms with Gasteiger partial charge in [0.1, 0.15) is 5.54 Å². The van der Waals surface area contributed by atoms with E-state index in [2.05, 4.69) is 10.2 Å². The van der Waals surface area contributed by atoms with Gasteiger partial charge < -0.3 is 25.3 Å². The number of nitrogens with one attached hydrogen (secondary N) is 1. The Balaban J connectivity index is 1.24. The number of piperidine rings is 1. The van der Waals surface area contributed by atoms with E-state index in [-0.39, 0.29) is 30.9 Å². The van der Waals surface area contributed by atoms with E-state index in [9.17, 15) is 24.6 Å². The average Bonchev–Trinajstić information content (AvgIpc) is 3.78. The summed E-state index contributed by atoms with van der Waals surface area (Å²) in [5, 5.41) is 25.5. The van der Waals surface area contributed by atoms with E-state index in [0.717, 1.165) is 31.6 Å². The van der Waals surface area contributed by atoms with Crippen molar-refractivity contribution in [2.75, 3.05) is 47.6 Å². The molecule has 3 amide bonds. The number of fused-ring (bicyclic) bond motifs is 1. The molecule has 4 heterocycles. The van der Waals surface area contributed by atoms with Gasteiger partial charge in [-0.15, -0.1) is 0 Å². The summed E-state index contributed by atoms with van der Waals surface area (Å²) in [5.74, 6) is -1.26. The fourth-order valence-corrected chi connectivity index (χ4v) is 8.01. The molecule has 0 aromatic heterocycles. The van der Waals surface area contributed by atoms with Crippen molar-refractivity contribution >= 4 is 40.5 Å². The van der Waals surface area contributed by atoms with Gasteiger partial charge in [-0.1, -0.05) is 55.5 Å². The first-order valence-corrected chi connectivity index (χ1v) is 17.0. The van der Waals surface area contributed by atoms with Crippen LogP contribution in [-0.2, 0) is 20.0 Å². The summed E-state index contributed by atoms with van der Waals surface area (Å²) in [6, 6.07) is 24.5. The van der Waals surface area contributed by atoms with Gasteiger partial charge >= 0.3 is 0 Å². The van der Waals surface area contributed by atoms with Crippen molar-refractivity contribution < 1.29 is 24.6 Å². The lowest BCUT2D eigenvalue weighted by molar-refractivity contribution is -0.138. The second-order valence-corrected chi connectivity index (χ2v) is 13.4. The smallest absolute Gasteiger partial charge is 0.268 e. The van der Waals surface area contributed by atoms with Crippen LogP contribution in [0.5, 0.6) is 0 Å². The highest BCUT2D eigenvalue weighted by Gasteiger charge is 2.56. The lowest BCUT2D eigenvalue weighted by atomic mass is 9.82. The van der Waals surface area contributed by atoms with Gasteiger partial charge in [-0.25, -0.2) is 0 Å². The summed E-state index contributed by atoms with van der Waals surface area (Å²) in [4.78, 5) is 48.9.